The van der Waals surface area contributed by atoms with Crippen LogP contribution in [0.3, 0.4) is 0 Å². The minimum atomic E-state index is -0.100. The number of amides is 1. The van der Waals surface area contributed by atoms with E-state index in [1.54, 1.807) is 0 Å². The van der Waals surface area contributed by atoms with Crippen LogP contribution in [0, 0.1) is 13.8 Å². The number of aryl methyl sites for hydroxylation is 2. The highest BCUT2D eigenvalue weighted by molar-refractivity contribution is 5.85. The number of carbonyl (C=O) groups is 1. The molecule has 0 radical (unpaired) electrons. The van der Waals surface area contributed by atoms with E-state index in [2.05, 4.69) is 37.4 Å². The van der Waals surface area contributed by atoms with Gasteiger partial charge in [0.1, 0.15) is 0 Å². The third kappa shape index (κ3) is 5.71. The summed E-state index contributed by atoms with van der Waals surface area (Å²) in [6.45, 7) is 6.21. The van der Waals surface area contributed by atoms with Crippen molar-refractivity contribution in [3.8, 4) is 0 Å². The molecule has 3 N–H and O–H groups in total. The summed E-state index contributed by atoms with van der Waals surface area (Å²) >= 11 is 0. The van der Waals surface area contributed by atoms with Gasteiger partial charge in [-0.1, -0.05) is 29.3 Å². The highest BCUT2D eigenvalue weighted by Crippen LogP contribution is 2.10. The van der Waals surface area contributed by atoms with Gasteiger partial charge in [-0.05, 0) is 32.8 Å². The zero-order valence-electron chi connectivity index (χ0n) is 10.6. The van der Waals surface area contributed by atoms with E-state index in [-0.39, 0.29) is 30.9 Å². The highest BCUT2D eigenvalue weighted by atomic mass is 35.5. The predicted octanol–water partition coefficient (Wildman–Crippen LogP) is 1.73. The summed E-state index contributed by atoms with van der Waals surface area (Å²) in [7, 11) is 0. The SMILES string of the molecule is Cc1cc(C)cc(CC(C)NC(=O)CN)c1.Cl. The van der Waals surface area contributed by atoms with Crippen LogP contribution in [0.4, 0.5) is 0 Å². The molecule has 3 nitrogen and oxygen atoms in total. The first-order chi connectivity index (χ1) is 7.51. The Morgan fingerprint density at radius 2 is 1.82 bits per heavy atom. The van der Waals surface area contributed by atoms with Crippen LogP contribution in [0.15, 0.2) is 18.2 Å². The van der Waals surface area contributed by atoms with Crippen molar-refractivity contribution in [2.75, 3.05) is 6.54 Å². The van der Waals surface area contributed by atoms with Crippen LogP contribution >= 0.6 is 12.4 Å². The third-order valence-electron chi connectivity index (χ3n) is 2.42. The molecule has 0 aliphatic rings. The van der Waals surface area contributed by atoms with Gasteiger partial charge in [0.05, 0.1) is 6.54 Å². The van der Waals surface area contributed by atoms with Crippen molar-refractivity contribution < 1.29 is 4.79 Å². The number of benzene rings is 1. The van der Waals surface area contributed by atoms with E-state index in [1.807, 2.05) is 6.92 Å². The monoisotopic (exact) mass is 256 g/mol. The normalized spacial score (nSPS) is 11.5. The van der Waals surface area contributed by atoms with Gasteiger partial charge in [0.2, 0.25) is 5.91 Å². The molecule has 0 saturated carbocycles. The van der Waals surface area contributed by atoms with Gasteiger partial charge < -0.3 is 11.1 Å². The number of halogens is 1. The number of carbonyl (C=O) groups excluding carboxylic acids is 1. The topological polar surface area (TPSA) is 55.1 Å². The van der Waals surface area contributed by atoms with Gasteiger partial charge in [-0.15, -0.1) is 12.4 Å². The van der Waals surface area contributed by atoms with Crippen LogP contribution < -0.4 is 11.1 Å². The fraction of sp³-hybridized carbons (Fsp3) is 0.462. The number of rotatable bonds is 4. The van der Waals surface area contributed by atoms with Crippen molar-refractivity contribution >= 4 is 18.3 Å². The average molecular weight is 257 g/mol. The molecule has 0 fully saturated rings. The molecular weight excluding hydrogens is 236 g/mol. The van der Waals surface area contributed by atoms with Crippen LogP contribution in [-0.2, 0) is 11.2 Å². The quantitative estimate of drug-likeness (QED) is 0.862. The van der Waals surface area contributed by atoms with Crippen LogP contribution in [0.5, 0.6) is 0 Å². The van der Waals surface area contributed by atoms with Gasteiger partial charge in [0.25, 0.3) is 0 Å². The molecule has 1 rings (SSSR count). The summed E-state index contributed by atoms with van der Waals surface area (Å²) in [5.74, 6) is -0.100. The Labute approximate surface area is 109 Å². The van der Waals surface area contributed by atoms with Crippen molar-refractivity contribution in [3.63, 3.8) is 0 Å². The number of hydrogen-bond donors (Lipinski definition) is 2. The highest BCUT2D eigenvalue weighted by Gasteiger charge is 2.07. The molecule has 0 heterocycles. The van der Waals surface area contributed by atoms with E-state index in [4.69, 9.17) is 5.73 Å². The van der Waals surface area contributed by atoms with Gasteiger partial charge in [-0.2, -0.15) is 0 Å². The van der Waals surface area contributed by atoms with E-state index in [0.717, 1.165) is 6.42 Å². The first-order valence-corrected chi connectivity index (χ1v) is 5.58. The van der Waals surface area contributed by atoms with Crippen LogP contribution in [-0.4, -0.2) is 18.5 Å². The molecule has 1 amide bonds. The number of nitrogens with one attached hydrogen (secondary N) is 1. The largest absolute Gasteiger partial charge is 0.352 e. The maximum atomic E-state index is 11.1. The van der Waals surface area contributed by atoms with Gasteiger partial charge in [0.15, 0.2) is 0 Å². The lowest BCUT2D eigenvalue weighted by Gasteiger charge is -2.14. The van der Waals surface area contributed by atoms with E-state index in [1.165, 1.54) is 16.7 Å². The lowest BCUT2D eigenvalue weighted by Crippen LogP contribution is -2.38. The Morgan fingerprint density at radius 1 is 1.29 bits per heavy atom. The van der Waals surface area contributed by atoms with Gasteiger partial charge >= 0.3 is 0 Å². The molecule has 1 atom stereocenters. The smallest absolute Gasteiger partial charge is 0.233 e. The zero-order valence-corrected chi connectivity index (χ0v) is 11.4. The maximum absolute atomic E-state index is 11.1. The second-order valence-electron chi connectivity index (χ2n) is 4.37. The van der Waals surface area contributed by atoms with E-state index in [0.29, 0.717) is 0 Å². The minimum absolute atomic E-state index is 0. The van der Waals surface area contributed by atoms with Crippen LogP contribution in [0.1, 0.15) is 23.6 Å². The molecule has 0 aliphatic heterocycles. The van der Waals surface area contributed by atoms with Gasteiger partial charge in [-0.25, -0.2) is 0 Å². The molecule has 96 valence electrons. The van der Waals surface area contributed by atoms with Crippen molar-refractivity contribution in [1.29, 1.82) is 0 Å². The first-order valence-electron chi connectivity index (χ1n) is 5.58. The first kappa shape index (κ1) is 15.9. The standard InChI is InChI=1S/C13H20N2O.ClH/c1-9-4-10(2)6-12(5-9)7-11(3)15-13(16)8-14;/h4-6,11H,7-8,14H2,1-3H3,(H,15,16);1H. The molecule has 0 aliphatic carbocycles. The lowest BCUT2D eigenvalue weighted by molar-refractivity contribution is -0.120. The molecular formula is C13H21ClN2O. The van der Waals surface area contributed by atoms with E-state index < -0.39 is 0 Å². The van der Waals surface area contributed by atoms with Crippen LogP contribution in [0.25, 0.3) is 0 Å². The number of nitrogens with two attached hydrogens (primary N) is 1. The summed E-state index contributed by atoms with van der Waals surface area (Å²) in [4.78, 5) is 11.1. The second-order valence-corrected chi connectivity index (χ2v) is 4.37. The van der Waals surface area contributed by atoms with Crippen molar-refractivity contribution in [1.82, 2.24) is 5.32 Å². The fourth-order valence-corrected chi connectivity index (χ4v) is 1.93. The summed E-state index contributed by atoms with van der Waals surface area (Å²) in [5, 5.41) is 2.85. The zero-order chi connectivity index (χ0) is 12.1. The molecule has 0 bridgehead atoms. The number of hydrogen-bond acceptors (Lipinski definition) is 2. The Balaban J connectivity index is 0.00000256. The molecule has 1 unspecified atom stereocenters. The fourth-order valence-electron chi connectivity index (χ4n) is 1.93. The van der Waals surface area contributed by atoms with Crippen LogP contribution in [0.2, 0.25) is 0 Å². The lowest BCUT2D eigenvalue weighted by atomic mass is 10.0. The molecule has 1 aromatic rings. The summed E-state index contributed by atoms with van der Waals surface area (Å²) in [6, 6.07) is 6.57. The van der Waals surface area contributed by atoms with Gasteiger partial charge in [-0.3, -0.25) is 4.79 Å². The Bertz CT molecular complexity index is 359. The summed E-state index contributed by atoms with van der Waals surface area (Å²) in [5.41, 5.74) is 9.02. The van der Waals surface area contributed by atoms with E-state index >= 15 is 0 Å². The molecule has 0 saturated heterocycles. The minimum Gasteiger partial charge on any atom is -0.352 e. The predicted molar refractivity (Wildman–Crippen MR) is 73.5 cm³/mol. The Hall–Kier alpha value is -1.06. The Kier molecular flexibility index (Phi) is 6.85. The van der Waals surface area contributed by atoms with Crippen molar-refractivity contribution in [2.24, 2.45) is 5.73 Å². The van der Waals surface area contributed by atoms with E-state index in [9.17, 15) is 4.79 Å². The summed E-state index contributed by atoms with van der Waals surface area (Å²) in [6.07, 6.45) is 0.842. The molecule has 4 heteroatoms. The molecule has 0 spiro atoms. The maximum Gasteiger partial charge on any atom is 0.233 e. The average Bonchev–Trinajstić information content (AvgIpc) is 2.15. The second kappa shape index (κ2) is 7.30. The van der Waals surface area contributed by atoms with Gasteiger partial charge in [0, 0.05) is 6.04 Å². The van der Waals surface area contributed by atoms with Crippen molar-refractivity contribution in [2.45, 2.75) is 33.2 Å². The van der Waals surface area contributed by atoms with Crippen molar-refractivity contribution in [3.05, 3.63) is 34.9 Å². The summed E-state index contributed by atoms with van der Waals surface area (Å²) < 4.78 is 0. The molecule has 17 heavy (non-hydrogen) atoms. The molecule has 0 aromatic heterocycles. The third-order valence-corrected chi connectivity index (χ3v) is 2.42. The Morgan fingerprint density at radius 3 is 2.29 bits per heavy atom. The molecule has 1 aromatic carbocycles.